The molecule has 0 aliphatic heterocycles. The van der Waals surface area contributed by atoms with Crippen LogP contribution in [0.5, 0.6) is 0 Å². The van der Waals surface area contributed by atoms with Crippen LogP contribution in [0.25, 0.3) is 0 Å². The molecule has 20 heavy (non-hydrogen) atoms. The van der Waals surface area contributed by atoms with E-state index in [0.717, 1.165) is 21.6 Å². The van der Waals surface area contributed by atoms with Gasteiger partial charge in [-0.05, 0) is 54.0 Å². The van der Waals surface area contributed by atoms with Crippen LogP contribution in [0.2, 0.25) is 0 Å². The minimum absolute atomic E-state index is 0.202. The third-order valence-corrected chi connectivity index (χ3v) is 5.65. The average molecular weight is 423 g/mol. The second-order valence-electron chi connectivity index (χ2n) is 4.34. The maximum atomic E-state index is 12.3. The monoisotopic (exact) mass is 421 g/mol. The maximum absolute atomic E-state index is 12.3. The van der Waals surface area contributed by atoms with Gasteiger partial charge in [-0.1, -0.05) is 15.9 Å². The van der Waals surface area contributed by atoms with Gasteiger partial charge < -0.3 is 4.42 Å². The van der Waals surface area contributed by atoms with Gasteiger partial charge in [0.15, 0.2) is 0 Å². The van der Waals surface area contributed by atoms with E-state index in [9.17, 15) is 8.42 Å². The molecule has 0 fully saturated rings. The molecule has 1 aromatic heterocycles. The summed E-state index contributed by atoms with van der Waals surface area (Å²) >= 11 is 6.55. The van der Waals surface area contributed by atoms with Crippen molar-refractivity contribution >= 4 is 41.9 Å². The Kier molecular flexibility index (Phi) is 4.73. The van der Waals surface area contributed by atoms with E-state index in [4.69, 9.17) is 4.42 Å². The summed E-state index contributed by atoms with van der Waals surface area (Å²) in [5, 5.41) is 0. The van der Waals surface area contributed by atoms with Gasteiger partial charge >= 0.3 is 0 Å². The number of rotatable bonds is 4. The molecule has 0 aliphatic carbocycles. The summed E-state index contributed by atoms with van der Waals surface area (Å²) in [6, 6.07) is 6.76. The molecule has 0 saturated heterocycles. The van der Waals surface area contributed by atoms with Crippen molar-refractivity contribution in [3.8, 4) is 0 Å². The molecule has 0 amide bonds. The third-order valence-electron chi connectivity index (χ3n) is 2.78. The van der Waals surface area contributed by atoms with Crippen molar-refractivity contribution in [2.75, 3.05) is 0 Å². The Morgan fingerprint density at radius 3 is 2.45 bits per heavy atom. The number of aryl methyl sites for hydroxylation is 2. The second-order valence-corrected chi connectivity index (χ2v) is 7.84. The summed E-state index contributed by atoms with van der Waals surface area (Å²) in [7, 11) is -3.57. The van der Waals surface area contributed by atoms with Crippen molar-refractivity contribution < 1.29 is 12.8 Å². The highest BCUT2D eigenvalue weighted by atomic mass is 79.9. The number of hydrogen-bond donors (Lipinski definition) is 1. The number of sulfonamides is 1. The summed E-state index contributed by atoms with van der Waals surface area (Å²) in [6.07, 6.45) is 0. The third kappa shape index (κ3) is 3.52. The molecule has 4 nitrogen and oxygen atoms in total. The molecule has 1 heterocycles. The first-order valence-electron chi connectivity index (χ1n) is 5.80. The maximum Gasteiger partial charge on any atom is 0.241 e. The van der Waals surface area contributed by atoms with Gasteiger partial charge in [-0.25, -0.2) is 13.1 Å². The number of furan rings is 1. The Hall–Kier alpha value is -0.630. The zero-order valence-electron chi connectivity index (χ0n) is 10.9. The van der Waals surface area contributed by atoms with Crippen molar-refractivity contribution in [1.29, 1.82) is 0 Å². The minimum Gasteiger partial charge on any atom is -0.466 e. The fourth-order valence-corrected chi connectivity index (χ4v) is 4.55. The van der Waals surface area contributed by atoms with Gasteiger partial charge in [0.2, 0.25) is 10.0 Å². The Labute approximate surface area is 134 Å². The first-order chi connectivity index (χ1) is 9.29. The lowest BCUT2D eigenvalue weighted by Crippen LogP contribution is -2.23. The van der Waals surface area contributed by atoms with Gasteiger partial charge in [-0.2, -0.15) is 0 Å². The topological polar surface area (TPSA) is 59.3 Å². The molecule has 2 aromatic rings. The number of benzene rings is 1. The van der Waals surface area contributed by atoms with Crippen molar-refractivity contribution in [2.45, 2.75) is 25.3 Å². The van der Waals surface area contributed by atoms with E-state index in [-0.39, 0.29) is 11.4 Å². The Bertz CT molecular complexity index is 738. The molecule has 0 bridgehead atoms. The molecule has 0 unspecified atom stereocenters. The van der Waals surface area contributed by atoms with Crippen molar-refractivity contribution in [3.05, 3.63) is 50.3 Å². The molecule has 0 atom stereocenters. The molecule has 0 radical (unpaired) electrons. The molecule has 1 N–H and O–H groups in total. The molecule has 0 spiro atoms. The second kappa shape index (κ2) is 6.01. The molecule has 1 aromatic carbocycles. The van der Waals surface area contributed by atoms with Gasteiger partial charge in [0.25, 0.3) is 0 Å². The van der Waals surface area contributed by atoms with Gasteiger partial charge in [0, 0.05) is 21.1 Å². The predicted molar refractivity (Wildman–Crippen MR) is 84.0 cm³/mol. The van der Waals surface area contributed by atoms with Gasteiger partial charge in [0.05, 0.1) is 4.90 Å². The molecule has 108 valence electrons. The van der Waals surface area contributed by atoms with Crippen LogP contribution in [0.3, 0.4) is 0 Å². The summed E-state index contributed by atoms with van der Waals surface area (Å²) in [5.41, 5.74) is 0.833. The zero-order valence-corrected chi connectivity index (χ0v) is 14.9. The molecular formula is C13H13Br2NO3S. The van der Waals surface area contributed by atoms with E-state index in [1.54, 1.807) is 18.2 Å². The van der Waals surface area contributed by atoms with Crippen LogP contribution < -0.4 is 4.72 Å². The largest absolute Gasteiger partial charge is 0.466 e. The lowest BCUT2D eigenvalue weighted by atomic mass is 10.2. The molecule has 2 rings (SSSR count). The Balaban J connectivity index is 2.21. The average Bonchev–Trinajstić information content (AvgIpc) is 2.65. The molecule has 0 saturated carbocycles. The normalized spacial score (nSPS) is 11.8. The fourth-order valence-electron chi connectivity index (χ4n) is 1.80. The SMILES string of the molecule is Cc1cc(CNS(=O)(=O)c2ccc(Br)cc2Br)c(C)o1. The molecular weight excluding hydrogens is 410 g/mol. The molecule has 7 heteroatoms. The van der Waals surface area contributed by atoms with Gasteiger partial charge in [-0.3, -0.25) is 0 Å². The van der Waals surface area contributed by atoms with Crippen LogP contribution in [0.15, 0.2) is 42.5 Å². The van der Waals surface area contributed by atoms with E-state index in [2.05, 4.69) is 36.6 Å². The van der Waals surface area contributed by atoms with Crippen molar-refractivity contribution in [1.82, 2.24) is 4.72 Å². The predicted octanol–water partition coefficient (Wildman–Crippen LogP) is 3.90. The van der Waals surface area contributed by atoms with E-state index >= 15 is 0 Å². The highest BCUT2D eigenvalue weighted by Gasteiger charge is 2.18. The van der Waals surface area contributed by atoms with Crippen LogP contribution in [0.4, 0.5) is 0 Å². The number of hydrogen-bond acceptors (Lipinski definition) is 3. The number of nitrogens with one attached hydrogen (secondary N) is 1. The van der Waals surface area contributed by atoms with E-state index in [1.807, 2.05) is 19.9 Å². The van der Waals surface area contributed by atoms with Crippen molar-refractivity contribution in [2.24, 2.45) is 0 Å². The fraction of sp³-hybridized carbons (Fsp3) is 0.231. The van der Waals surface area contributed by atoms with Crippen LogP contribution in [0, 0.1) is 13.8 Å². The standard InChI is InChI=1S/C13H13Br2NO3S/c1-8-5-10(9(2)19-8)7-16-20(17,18)13-4-3-11(14)6-12(13)15/h3-6,16H,7H2,1-2H3. The van der Waals surface area contributed by atoms with Crippen LogP contribution >= 0.6 is 31.9 Å². The van der Waals surface area contributed by atoms with Gasteiger partial charge in [-0.15, -0.1) is 0 Å². The number of halogens is 2. The highest BCUT2D eigenvalue weighted by molar-refractivity contribution is 9.11. The summed E-state index contributed by atoms with van der Waals surface area (Å²) < 4.78 is 33.8. The smallest absolute Gasteiger partial charge is 0.241 e. The quantitative estimate of drug-likeness (QED) is 0.812. The van der Waals surface area contributed by atoms with Crippen molar-refractivity contribution in [3.63, 3.8) is 0 Å². The van der Waals surface area contributed by atoms with E-state index < -0.39 is 10.0 Å². The zero-order chi connectivity index (χ0) is 14.9. The van der Waals surface area contributed by atoms with Crippen LogP contribution in [-0.4, -0.2) is 8.42 Å². The Morgan fingerprint density at radius 2 is 1.90 bits per heavy atom. The molecule has 0 aliphatic rings. The lowest BCUT2D eigenvalue weighted by molar-refractivity contribution is 0.500. The first-order valence-corrected chi connectivity index (χ1v) is 8.87. The van der Waals surface area contributed by atoms with Gasteiger partial charge in [0.1, 0.15) is 11.5 Å². The van der Waals surface area contributed by atoms with Crippen LogP contribution in [0.1, 0.15) is 17.1 Å². The van der Waals surface area contributed by atoms with E-state index in [1.165, 1.54) is 0 Å². The van der Waals surface area contributed by atoms with E-state index in [0.29, 0.717) is 4.47 Å². The van der Waals surface area contributed by atoms with Crippen LogP contribution in [-0.2, 0) is 16.6 Å². The Morgan fingerprint density at radius 1 is 1.20 bits per heavy atom. The first kappa shape index (κ1) is 15.8. The lowest BCUT2D eigenvalue weighted by Gasteiger charge is -2.08. The summed E-state index contributed by atoms with van der Waals surface area (Å²) in [4.78, 5) is 0.207. The summed E-state index contributed by atoms with van der Waals surface area (Å²) in [6.45, 7) is 3.84. The minimum atomic E-state index is -3.57. The summed E-state index contributed by atoms with van der Waals surface area (Å²) in [5.74, 6) is 1.49. The highest BCUT2D eigenvalue weighted by Crippen LogP contribution is 2.26.